The second-order valence-corrected chi connectivity index (χ2v) is 5.55. The van der Waals surface area contributed by atoms with Crippen molar-refractivity contribution in [3.8, 4) is 0 Å². The Morgan fingerprint density at radius 1 is 1.30 bits per heavy atom. The van der Waals surface area contributed by atoms with Crippen LogP contribution in [0.5, 0.6) is 0 Å². The lowest BCUT2D eigenvalue weighted by molar-refractivity contribution is -0.169. The Morgan fingerprint density at radius 2 is 1.90 bits per heavy atom. The molecule has 0 aliphatic heterocycles. The second kappa shape index (κ2) is 5.75. The van der Waals surface area contributed by atoms with Gasteiger partial charge in [-0.3, -0.25) is 0 Å². The normalized spacial score (nSPS) is 12.4. The molecule has 1 aromatic rings. The molecule has 0 atom stereocenters. The molecule has 0 unspecified atom stereocenters. The smallest absolute Gasteiger partial charge is 0.411 e. The number of ether oxygens (including phenoxy) is 1. The first kappa shape index (κ1) is 16.4. The fourth-order valence-corrected chi connectivity index (χ4v) is 2.31. The molecule has 1 aromatic carbocycles. The summed E-state index contributed by atoms with van der Waals surface area (Å²) < 4.78 is 75.9. The lowest BCUT2D eigenvalue weighted by Crippen LogP contribution is -2.21. The molecular weight excluding hydrogens is 308 g/mol. The van der Waals surface area contributed by atoms with Gasteiger partial charge in [0.25, 0.3) is 0 Å². The van der Waals surface area contributed by atoms with E-state index in [2.05, 4.69) is 4.74 Å². The van der Waals surface area contributed by atoms with Crippen LogP contribution in [0.2, 0.25) is 0 Å². The molecule has 10 heteroatoms. The molecule has 0 aliphatic rings. The van der Waals surface area contributed by atoms with Gasteiger partial charge < -0.3 is 9.84 Å². The van der Waals surface area contributed by atoms with Gasteiger partial charge >= 0.3 is 12.1 Å². The molecule has 0 spiro atoms. The summed E-state index contributed by atoms with van der Waals surface area (Å²) in [6.45, 7) is -1.81. The number of hydrogen-bond acceptors (Lipinski definition) is 4. The molecule has 112 valence electrons. The number of carboxylic acid groups (broad SMARTS) is 1. The Balaban J connectivity index is 2.97. The Hall–Kier alpha value is -1.68. The summed E-state index contributed by atoms with van der Waals surface area (Å²) in [6.07, 6.45) is -4.73. The molecule has 0 heterocycles. The molecule has 0 saturated carbocycles. The van der Waals surface area contributed by atoms with Crippen LogP contribution in [-0.2, 0) is 14.6 Å². The van der Waals surface area contributed by atoms with Gasteiger partial charge in [0, 0.05) is 0 Å². The highest BCUT2D eigenvalue weighted by Gasteiger charge is 2.29. The Kier molecular flexibility index (Phi) is 4.71. The van der Waals surface area contributed by atoms with Crippen molar-refractivity contribution in [2.45, 2.75) is 11.1 Å². The van der Waals surface area contributed by atoms with Crippen molar-refractivity contribution in [2.75, 3.05) is 12.5 Å². The zero-order valence-corrected chi connectivity index (χ0v) is 10.5. The third-order valence-corrected chi connectivity index (χ3v) is 3.48. The summed E-state index contributed by atoms with van der Waals surface area (Å²) >= 11 is 0. The molecule has 0 fully saturated rings. The van der Waals surface area contributed by atoms with E-state index in [1.54, 1.807) is 0 Å². The van der Waals surface area contributed by atoms with E-state index >= 15 is 0 Å². The van der Waals surface area contributed by atoms with E-state index in [-0.39, 0.29) is 0 Å². The third kappa shape index (κ3) is 4.46. The van der Waals surface area contributed by atoms with Crippen LogP contribution in [0, 0.1) is 5.82 Å². The van der Waals surface area contributed by atoms with Crippen molar-refractivity contribution in [1.29, 1.82) is 0 Å². The van der Waals surface area contributed by atoms with Gasteiger partial charge in [0.2, 0.25) is 9.84 Å². The van der Waals surface area contributed by atoms with Crippen LogP contribution in [0.1, 0.15) is 10.4 Å². The van der Waals surface area contributed by atoms with Gasteiger partial charge in [-0.05, 0) is 18.2 Å². The van der Waals surface area contributed by atoms with E-state index in [9.17, 15) is 30.8 Å². The Labute approximate surface area is 110 Å². The van der Waals surface area contributed by atoms with E-state index in [1.807, 2.05) is 0 Å². The minimum absolute atomic E-state index is 0.513. The summed E-state index contributed by atoms with van der Waals surface area (Å²) in [5.41, 5.74) is -0.513. The summed E-state index contributed by atoms with van der Waals surface area (Å²) in [5.74, 6) is -4.18. The number of halogens is 4. The molecule has 0 radical (unpaired) electrons. The number of benzene rings is 1. The summed E-state index contributed by atoms with van der Waals surface area (Å²) in [5, 5.41) is 8.65. The zero-order valence-electron chi connectivity index (χ0n) is 9.65. The van der Waals surface area contributed by atoms with Gasteiger partial charge in [-0.2, -0.15) is 13.2 Å². The number of hydrogen-bond donors (Lipinski definition) is 1. The lowest BCUT2D eigenvalue weighted by Gasteiger charge is -2.09. The van der Waals surface area contributed by atoms with Gasteiger partial charge in [0.05, 0.1) is 5.56 Å². The van der Waals surface area contributed by atoms with Gasteiger partial charge in [0.15, 0.2) is 5.94 Å². The Bertz CT molecular complexity index is 609. The van der Waals surface area contributed by atoms with Gasteiger partial charge in [-0.15, -0.1) is 0 Å². The van der Waals surface area contributed by atoms with E-state index < -0.39 is 50.8 Å². The van der Waals surface area contributed by atoms with E-state index in [1.165, 1.54) is 0 Å². The maximum atomic E-state index is 13.3. The first-order valence-corrected chi connectivity index (χ1v) is 6.58. The van der Waals surface area contributed by atoms with E-state index in [0.29, 0.717) is 12.1 Å². The van der Waals surface area contributed by atoms with Crippen LogP contribution >= 0.6 is 0 Å². The minimum atomic E-state index is -4.73. The first-order chi connectivity index (χ1) is 9.03. The molecule has 1 N–H and O–H groups in total. The van der Waals surface area contributed by atoms with Crippen molar-refractivity contribution >= 4 is 15.8 Å². The topological polar surface area (TPSA) is 80.7 Å². The van der Waals surface area contributed by atoms with Crippen LogP contribution in [0.3, 0.4) is 0 Å². The monoisotopic (exact) mass is 316 g/mol. The van der Waals surface area contributed by atoms with Crippen molar-refractivity contribution in [2.24, 2.45) is 0 Å². The fraction of sp³-hybridized carbons (Fsp3) is 0.300. The van der Waals surface area contributed by atoms with Crippen LogP contribution in [0.25, 0.3) is 0 Å². The average molecular weight is 316 g/mol. The maximum Gasteiger partial charge on any atom is 0.411 e. The molecule has 0 bridgehead atoms. The van der Waals surface area contributed by atoms with Crippen molar-refractivity contribution < 1.29 is 40.6 Å². The SMILES string of the molecule is O=C(O)c1ccc(F)c(S(=O)(=O)COCC(F)(F)F)c1. The second-order valence-electron chi connectivity index (χ2n) is 3.65. The average Bonchev–Trinajstić information content (AvgIpc) is 2.26. The van der Waals surface area contributed by atoms with Crippen LogP contribution < -0.4 is 0 Å². The standard InChI is InChI=1S/C10H8F4O5S/c11-7-2-1-6(9(15)16)3-8(7)20(17,18)5-19-4-10(12,13)14/h1-3H,4-5H2,(H,15,16). The summed E-state index contributed by atoms with van der Waals surface area (Å²) in [7, 11) is -4.53. The third-order valence-electron chi connectivity index (χ3n) is 2.02. The number of carboxylic acids is 1. The number of carbonyl (C=O) groups is 1. The highest BCUT2D eigenvalue weighted by atomic mass is 32.2. The largest absolute Gasteiger partial charge is 0.478 e. The summed E-state index contributed by atoms with van der Waals surface area (Å²) in [4.78, 5) is 9.61. The number of sulfone groups is 1. The number of rotatable bonds is 5. The molecular formula is C10H8F4O5S. The van der Waals surface area contributed by atoms with Crippen molar-refractivity contribution in [1.82, 2.24) is 0 Å². The Morgan fingerprint density at radius 3 is 2.40 bits per heavy atom. The first-order valence-electron chi connectivity index (χ1n) is 4.93. The zero-order chi connectivity index (χ0) is 15.6. The van der Waals surface area contributed by atoms with Gasteiger partial charge in [0.1, 0.15) is 17.3 Å². The summed E-state index contributed by atoms with van der Waals surface area (Å²) in [6, 6.07) is 1.94. The predicted molar refractivity (Wildman–Crippen MR) is 57.4 cm³/mol. The van der Waals surface area contributed by atoms with Crippen LogP contribution in [0.4, 0.5) is 17.6 Å². The molecule has 0 aromatic heterocycles. The minimum Gasteiger partial charge on any atom is -0.478 e. The van der Waals surface area contributed by atoms with Crippen LogP contribution in [-0.4, -0.2) is 38.2 Å². The number of alkyl halides is 3. The highest BCUT2D eigenvalue weighted by molar-refractivity contribution is 7.91. The van der Waals surface area contributed by atoms with Crippen LogP contribution in [0.15, 0.2) is 23.1 Å². The van der Waals surface area contributed by atoms with Gasteiger partial charge in [-0.25, -0.2) is 17.6 Å². The molecule has 5 nitrogen and oxygen atoms in total. The van der Waals surface area contributed by atoms with Gasteiger partial charge in [-0.1, -0.05) is 0 Å². The van der Waals surface area contributed by atoms with Crippen molar-refractivity contribution in [3.63, 3.8) is 0 Å². The fourth-order valence-electron chi connectivity index (χ4n) is 1.21. The highest BCUT2D eigenvalue weighted by Crippen LogP contribution is 2.20. The lowest BCUT2D eigenvalue weighted by atomic mass is 10.2. The quantitative estimate of drug-likeness (QED) is 0.838. The maximum absolute atomic E-state index is 13.3. The van der Waals surface area contributed by atoms with Crippen molar-refractivity contribution in [3.05, 3.63) is 29.6 Å². The molecule has 1 rings (SSSR count). The number of aromatic carboxylic acids is 1. The van der Waals surface area contributed by atoms with E-state index in [4.69, 9.17) is 5.11 Å². The van der Waals surface area contributed by atoms with E-state index in [0.717, 1.165) is 6.07 Å². The molecule has 20 heavy (non-hydrogen) atoms. The molecule has 0 aliphatic carbocycles. The molecule has 0 amide bonds. The predicted octanol–water partition coefficient (Wildman–Crippen LogP) is 1.83. The molecule has 0 saturated heterocycles.